The fourth-order valence-corrected chi connectivity index (χ4v) is 4.75. The van der Waals surface area contributed by atoms with Crippen molar-refractivity contribution >= 4 is 17.2 Å². The zero-order valence-corrected chi connectivity index (χ0v) is 19.3. The number of nitrogens with one attached hydrogen (secondary N) is 1. The summed E-state index contributed by atoms with van der Waals surface area (Å²) in [6.07, 6.45) is 8.03. The van der Waals surface area contributed by atoms with E-state index in [1.54, 1.807) is 13.0 Å². The highest BCUT2D eigenvalue weighted by atomic mass is 16.5. The Bertz CT molecular complexity index is 965. The van der Waals surface area contributed by atoms with Crippen LogP contribution in [0.5, 0.6) is 0 Å². The van der Waals surface area contributed by atoms with Gasteiger partial charge in [0.1, 0.15) is 5.76 Å². The van der Waals surface area contributed by atoms with Crippen LogP contribution in [0.2, 0.25) is 0 Å². The van der Waals surface area contributed by atoms with E-state index in [1.807, 2.05) is 0 Å². The Kier molecular flexibility index (Phi) is 6.33. The first kappa shape index (κ1) is 21.8. The number of piperidine rings is 1. The molecule has 1 fully saturated rings. The summed E-state index contributed by atoms with van der Waals surface area (Å²) in [5, 5.41) is 6.97. The normalized spacial score (nSPS) is 19.8. The van der Waals surface area contributed by atoms with Crippen LogP contribution in [-0.2, 0) is 0 Å². The molecule has 0 spiro atoms. The Hall–Kier alpha value is -2.40. The van der Waals surface area contributed by atoms with Crippen LogP contribution in [0.1, 0.15) is 86.2 Å². The van der Waals surface area contributed by atoms with Crippen LogP contribution in [-0.4, -0.2) is 35.6 Å². The molecule has 0 bridgehead atoms. The van der Waals surface area contributed by atoms with Crippen molar-refractivity contribution in [2.75, 3.05) is 25.0 Å². The Balaban J connectivity index is 1.62. The molecule has 0 atom stereocenters. The summed E-state index contributed by atoms with van der Waals surface area (Å²) in [6.45, 7) is 12.1. The number of nitrogens with zero attached hydrogens (tertiary/aromatic N) is 2. The maximum absolute atomic E-state index is 12.8. The van der Waals surface area contributed by atoms with Gasteiger partial charge in [0.25, 0.3) is 5.91 Å². The van der Waals surface area contributed by atoms with Crippen molar-refractivity contribution in [3.8, 4) is 0 Å². The number of carbonyl (C=O) groups is 1. The molecule has 1 N–H and O–H groups in total. The van der Waals surface area contributed by atoms with Crippen LogP contribution in [0.25, 0.3) is 5.57 Å². The number of hydrogen-bond donors (Lipinski definition) is 1. The largest absolute Gasteiger partial charge is 0.361 e. The van der Waals surface area contributed by atoms with E-state index in [1.165, 1.54) is 29.5 Å². The van der Waals surface area contributed by atoms with E-state index in [2.05, 4.69) is 60.4 Å². The van der Waals surface area contributed by atoms with Crippen LogP contribution in [0.15, 0.2) is 34.9 Å². The molecule has 5 nitrogen and oxygen atoms in total. The van der Waals surface area contributed by atoms with Gasteiger partial charge in [-0.05, 0) is 93.3 Å². The van der Waals surface area contributed by atoms with E-state index in [-0.39, 0.29) is 5.91 Å². The van der Waals surface area contributed by atoms with Gasteiger partial charge in [-0.2, -0.15) is 0 Å². The molecule has 1 aliphatic heterocycles. The third-order valence-electron chi connectivity index (χ3n) is 6.98. The summed E-state index contributed by atoms with van der Waals surface area (Å²) in [6, 6.07) is 8.29. The summed E-state index contributed by atoms with van der Waals surface area (Å²) >= 11 is 0. The lowest BCUT2D eigenvalue weighted by molar-refractivity contribution is 0.101. The van der Waals surface area contributed by atoms with E-state index in [0.717, 1.165) is 44.6 Å². The van der Waals surface area contributed by atoms with Crippen molar-refractivity contribution in [3.05, 3.63) is 52.9 Å². The molecule has 1 aromatic heterocycles. The predicted octanol–water partition coefficient (Wildman–Crippen LogP) is 6.03. The van der Waals surface area contributed by atoms with Gasteiger partial charge in [0.2, 0.25) is 0 Å². The maximum Gasteiger partial charge on any atom is 0.277 e. The van der Waals surface area contributed by atoms with Gasteiger partial charge in [0.05, 0.1) is 0 Å². The lowest BCUT2D eigenvalue weighted by Crippen LogP contribution is -2.32. The van der Waals surface area contributed by atoms with Crippen LogP contribution in [0, 0.1) is 12.3 Å². The summed E-state index contributed by atoms with van der Waals surface area (Å²) in [7, 11) is 0. The van der Waals surface area contributed by atoms with Gasteiger partial charge in [0, 0.05) is 17.3 Å². The van der Waals surface area contributed by atoms with Crippen LogP contribution in [0.4, 0.5) is 5.69 Å². The van der Waals surface area contributed by atoms with E-state index in [0.29, 0.717) is 22.8 Å². The van der Waals surface area contributed by atoms with Crippen LogP contribution < -0.4 is 5.32 Å². The molecular weight excluding hydrogens is 386 g/mol. The summed E-state index contributed by atoms with van der Waals surface area (Å²) in [5.74, 6) is 1.00. The Morgan fingerprint density at radius 3 is 2.65 bits per heavy atom. The molecular formula is C26H35N3O2. The average Bonchev–Trinajstić information content (AvgIpc) is 3.21. The van der Waals surface area contributed by atoms with Gasteiger partial charge in [-0.3, -0.25) is 4.79 Å². The quantitative estimate of drug-likeness (QED) is 0.640. The molecule has 1 aromatic carbocycles. The van der Waals surface area contributed by atoms with Crippen molar-refractivity contribution in [1.82, 2.24) is 10.1 Å². The minimum absolute atomic E-state index is 0.223. The molecule has 0 radical (unpaired) electrons. The van der Waals surface area contributed by atoms with Crippen molar-refractivity contribution in [2.45, 2.75) is 65.7 Å². The second-order valence-corrected chi connectivity index (χ2v) is 9.89. The van der Waals surface area contributed by atoms with Gasteiger partial charge in [-0.1, -0.05) is 38.1 Å². The van der Waals surface area contributed by atoms with E-state index >= 15 is 0 Å². The zero-order valence-electron chi connectivity index (χ0n) is 19.3. The van der Waals surface area contributed by atoms with Gasteiger partial charge in [-0.25, -0.2) is 0 Å². The Morgan fingerprint density at radius 1 is 1.26 bits per heavy atom. The second-order valence-electron chi connectivity index (χ2n) is 9.89. The first-order valence-electron chi connectivity index (χ1n) is 11.6. The molecule has 4 rings (SSSR count). The van der Waals surface area contributed by atoms with Crippen LogP contribution >= 0.6 is 0 Å². The number of anilines is 1. The molecule has 2 heterocycles. The van der Waals surface area contributed by atoms with Crippen LogP contribution in [0.3, 0.4) is 0 Å². The smallest absolute Gasteiger partial charge is 0.277 e. The number of carbonyl (C=O) groups excluding carboxylic acids is 1. The van der Waals surface area contributed by atoms with Gasteiger partial charge >= 0.3 is 0 Å². The molecule has 1 saturated heterocycles. The molecule has 166 valence electrons. The number of benzene rings is 1. The lowest BCUT2D eigenvalue weighted by Gasteiger charge is -2.32. The summed E-state index contributed by atoms with van der Waals surface area (Å²) in [5.41, 5.74) is 5.44. The number of allylic oxidation sites excluding steroid dienone is 2. The number of amides is 1. The lowest BCUT2D eigenvalue weighted by atomic mass is 9.76. The number of hydrogen-bond acceptors (Lipinski definition) is 4. The molecule has 2 aromatic rings. The Morgan fingerprint density at radius 2 is 2.03 bits per heavy atom. The SMILES string of the molecule is CCN1CCC(c2ccc(NC(=O)c3cc(C)on3)c(C3=CCC(C)(C)CC3)c2)CC1. The number of rotatable bonds is 5. The summed E-state index contributed by atoms with van der Waals surface area (Å²) in [4.78, 5) is 15.3. The topological polar surface area (TPSA) is 58.4 Å². The van der Waals surface area contributed by atoms with Crippen molar-refractivity contribution < 1.29 is 9.32 Å². The van der Waals surface area contributed by atoms with Crippen molar-refractivity contribution in [1.29, 1.82) is 0 Å². The van der Waals surface area contributed by atoms with E-state index in [4.69, 9.17) is 4.52 Å². The van der Waals surface area contributed by atoms with Gasteiger partial charge in [0.15, 0.2) is 5.69 Å². The number of likely N-dealkylation sites (tertiary alicyclic amines) is 1. The molecule has 0 unspecified atom stereocenters. The number of aromatic nitrogens is 1. The molecule has 31 heavy (non-hydrogen) atoms. The molecule has 1 amide bonds. The van der Waals surface area contributed by atoms with Gasteiger partial charge < -0.3 is 14.7 Å². The van der Waals surface area contributed by atoms with E-state index < -0.39 is 0 Å². The molecule has 1 aliphatic carbocycles. The van der Waals surface area contributed by atoms with Crippen molar-refractivity contribution in [2.24, 2.45) is 5.41 Å². The third-order valence-corrected chi connectivity index (χ3v) is 6.98. The zero-order chi connectivity index (χ0) is 22.0. The highest BCUT2D eigenvalue weighted by molar-refractivity contribution is 6.04. The third kappa shape index (κ3) is 5.09. The molecule has 2 aliphatic rings. The van der Waals surface area contributed by atoms with E-state index in [9.17, 15) is 4.79 Å². The summed E-state index contributed by atoms with van der Waals surface area (Å²) < 4.78 is 5.08. The highest BCUT2D eigenvalue weighted by Gasteiger charge is 2.25. The van der Waals surface area contributed by atoms with Crippen molar-refractivity contribution in [3.63, 3.8) is 0 Å². The number of aryl methyl sites for hydroxylation is 1. The Labute approximate surface area is 185 Å². The monoisotopic (exact) mass is 421 g/mol. The minimum atomic E-state index is -0.223. The fourth-order valence-electron chi connectivity index (χ4n) is 4.75. The first-order valence-corrected chi connectivity index (χ1v) is 11.6. The van der Waals surface area contributed by atoms with Gasteiger partial charge in [-0.15, -0.1) is 0 Å². The fraction of sp³-hybridized carbons (Fsp3) is 0.538. The average molecular weight is 422 g/mol. The predicted molar refractivity (Wildman–Crippen MR) is 125 cm³/mol. The second kappa shape index (κ2) is 8.99. The minimum Gasteiger partial charge on any atom is -0.361 e. The first-order chi connectivity index (χ1) is 14.8. The standard InChI is InChI=1S/C26H35N3O2/c1-5-29-14-10-19(11-15-29)21-6-7-23(27-25(30)24-16-18(2)31-28-24)22(17-21)20-8-12-26(3,4)13-9-20/h6-8,16-17,19H,5,9-15H2,1-4H3,(H,27,30). The molecule has 0 saturated carbocycles. The maximum atomic E-state index is 12.8. The highest BCUT2D eigenvalue weighted by Crippen LogP contribution is 2.41. The molecule has 5 heteroatoms.